The molecule has 3 rings (SSSR count). The predicted octanol–water partition coefficient (Wildman–Crippen LogP) is 3.90. The summed E-state index contributed by atoms with van der Waals surface area (Å²) in [5.74, 6) is 13.2. The van der Waals surface area contributed by atoms with E-state index in [0.29, 0.717) is 33.8 Å². The molecule has 3 aromatic rings. The molecule has 2 N–H and O–H groups in total. The molecule has 0 saturated carbocycles. The highest BCUT2D eigenvalue weighted by Crippen LogP contribution is 2.28. The second kappa shape index (κ2) is 11.0. The third kappa shape index (κ3) is 5.98. The SMILES string of the molecule is C#CCOc1cc(C#Cc2ccc(C(=O)O)cc2)c(OC)cc1C#Cc1ccc(C(=O)O)cc1. The molecule has 0 aliphatic carbocycles. The first-order chi connectivity index (χ1) is 16.4. The molecule has 0 atom stereocenters. The molecule has 34 heavy (non-hydrogen) atoms. The molecule has 0 fully saturated rings. The standard InChI is InChI=1S/C28H18O6/c1-3-16-34-26-18-23(14-8-19-4-10-21(11-5-19)27(29)30)25(33-2)17-24(26)15-9-20-6-12-22(13-7-20)28(31)32/h1,4-7,10-13,17-18H,16H2,2H3,(H,29,30)(H,31,32). The molecule has 6 heteroatoms. The zero-order chi connectivity index (χ0) is 24.5. The highest BCUT2D eigenvalue weighted by molar-refractivity contribution is 5.88. The molecule has 0 aliphatic rings. The van der Waals surface area contributed by atoms with E-state index in [2.05, 4.69) is 29.6 Å². The summed E-state index contributed by atoms with van der Waals surface area (Å²) in [5, 5.41) is 18.0. The second-order valence-corrected chi connectivity index (χ2v) is 6.81. The van der Waals surface area contributed by atoms with Crippen LogP contribution in [0.5, 0.6) is 11.5 Å². The van der Waals surface area contributed by atoms with Gasteiger partial charge in [-0.25, -0.2) is 9.59 Å². The number of ether oxygens (including phenoxy) is 2. The number of hydrogen-bond acceptors (Lipinski definition) is 4. The van der Waals surface area contributed by atoms with Crippen LogP contribution in [0.15, 0.2) is 60.7 Å². The van der Waals surface area contributed by atoms with Crippen molar-refractivity contribution in [3.05, 3.63) is 94.0 Å². The Kier molecular flexibility index (Phi) is 7.59. The first-order valence-corrected chi connectivity index (χ1v) is 9.90. The Hall–Kier alpha value is -5.12. The highest BCUT2D eigenvalue weighted by Gasteiger charge is 2.10. The van der Waals surface area contributed by atoms with Gasteiger partial charge in [0.05, 0.1) is 29.4 Å². The number of rotatable bonds is 5. The lowest BCUT2D eigenvalue weighted by Gasteiger charge is -2.10. The van der Waals surface area contributed by atoms with E-state index in [0.717, 1.165) is 0 Å². The van der Waals surface area contributed by atoms with Crippen LogP contribution in [0.1, 0.15) is 43.0 Å². The molecule has 0 bridgehead atoms. The molecule has 6 nitrogen and oxygen atoms in total. The third-order valence-corrected chi connectivity index (χ3v) is 4.56. The Labute approximate surface area is 196 Å². The van der Waals surface area contributed by atoms with Gasteiger partial charge in [0.25, 0.3) is 0 Å². The van der Waals surface area contributed by atoms with Crippen LogP contribution in [0.2, 0.25) is 0 Å². The van der Waals surface area contributed by atoms with Gasteiger partial charge in [-0.2, -0.15) is 0 Å². The average Bonchev–Trinajstić information content (AvgIpc) is 2.85. The van der Waals surface area contributed by atoms with Crippen LogP contribution in [0, 0.1) is 36.0 Å². The fraction of sp³-hybridized carbons (Fsp3) is 0.0714. The summed E-state index contributed by atoms with van der Waals surface area (Å²) in [6.45, 7) is 0.0256. The van der Waals surface area contributed by atoms with Crippen LogP contribution in [0.4, 0.5) is 0 Å². The van der Waals surface area contributed by atoms with Gasteiger partial charge in [0.2, 0.25) is 0 Å². The van der Waals surface area contributed by atoms with Crippen molar-refractivity contribution in [3.63, 3.8) is 0 Å². The predicted molar refractivity (Wildman–Crippen MR) is 126 cm³/mol. The number of hydrogen-bond donors (Lipinski definition) is 2. The molecule has 0 aliphatic heterocycles. The van der Waals surface area contributed by atoms with Gasteiger partial charge in [-0.3, -0.25) is 0 Å². The topological polar surface area (TPSA) is 93.1 Å². The molecule has 166 valence electrons. The number of terminal acetylenes is 1. The maximum atomic E-state index is 11.0. The minimum atomic E-state index is -1.01. The van der Waals surface area contributed by atoms with E-state index >= 15 is 0 Å². The van der Waals surface area contributed by atoms with Crippen LogP contribution in [0.3, 0.4) is 0 Å². The number of aromatic carboxylic acids is 2. The molecular formula is C28H18O6. The quantitative estimate of drug-likeness (QED) is 0.573. The van der Waals surface area contributed by atoms with Crippen LogP contribution >= 0.6 is 0 Å². The Balaban J connectivity index is 1.97. The smallest absolute Gasteiger partial charge is 0.335 e. The molecule has 3 aromatic carbocycles. The van der Waals surface area contributed by atoms with Crippen molar-refractivity contribution in [1.82, 2.24) is 0 Å². The van der Waals surface area contributed by atoms with Gasteiger partial charge in [0.1, 0.15) is 18.1 Å². The van der Waals surface area contributed by atoms with Gasteiger partial charge in [-0.1, -0.05) is 29.6 Å². The molecule has 0 radical (unpaired) electrons. The van der Waals surface area contributed by atoms with E-state index in [9.17, 15) is 9.59 Å². The number of benzene rings is 3. The maximum absolute atomic E-state index is 11.0. The normalized spacial score (nSPS) is 9.41. The van der Waals surface area contributed by atoms with Gasteiger partial charge < -0.3 is 19.7 Å². The highest BCUT2D eigenvalue weighted by atomic mass is 16.5. The number of carbonyl (C=O) groups is 2. The minimum Gasteiger partial charge on any atom is -0.495 e. The van der Waals surface area contributed by atoms with Crippen molar-refractivity contribution in [1.29, 1.82) is 0 Å². The molecule has 0 heterocycles. The van der Waals surface area contributed by atoms with Crippen LogP contribution in [-0.4, -0.2) is 35.9 Å². The molecular weight excluding hydrogens is 432 g/mol. The average molecular weight is 450 g/mol. The fourth-order valence-corrected chi connectivity index (χ4v) is 2.83. The largest absolute Gasteiger partial charge is 0.495 e. The summed E-state index contributed by atoms with van der Waals surface area (Å²) in [6.07, 6.45) is 5.34. The van der Waals surface area contributed by atoms with Crippen LogP contribution in [-0.2, 0) is 0 Å². The third-order valence-electron chi connectivity index (χ3n) is 4.56. The Morgan fingerprint density at radius 1 is 0.765 bits per heavy atom. The van der Waals surface area contributed by atoms with Crippen LogP contribution < -0.4 is 9.47 Å². The Morgan fingerprint density at radius 3 is 1.62 bits per heavy atom. The monoisotopic (exact) mass is 450 g/mol. The van der Waals surface area contributed by atoms with Crippen molar-refractivity contribution in [2.75, 3.05) is 13.7 Å². The van der Waals surface area contributed by atoms with E-state index in [1.165, 1.54) is 31.4 Å². The summed E-state index contributed by atoms with van der Waals surface area (Å²) in [7, 11) is 1.51. The lowest BCUT2D eigenvalue weighted by atomic mass is 10.1. The van der Waals surface area contributed by atoms with E-state index in [1.807, 2.05) is 0 Å². The summed E-state index contributed by atoms with van der Waals surface area (Å²) in [6, 6.07) is 15.7. The van der Waals surface area contributed by atoms with Gasteiger partial charge in [-0.15, -0.1) is 6.42 Å². The fourth-order valence-electron chi connectivity index (χ4n) is 2.83. The zero-order valence-corrected chi connectivity index (χ0v) is 18.1. The van der Waals surface area contributed by atoms with E-state index in [1.54, 1.807) is 36.4 Å². The molecule has 0 aromatic heterocycles. The molecule has 0 unspecified atom stereocenters. The molecule has 0 amide bonds. The van der Waals surface area contributed by atoms with Crippen molar-refractivity contribution < 1.29 is 29.3 Å². The second-order valence-electron chi connectivity index (χ2n) is 6.81. The Morgan fingerprint density at radius 2 is 1.21 bits per heavy atom. The molecule has 0 spiro atoms. The molecule has 0 saturated heterocycles. The lowest BCUT2D eigenvalue weighted by Crippen LogP contribution is -1.99. The van der Waals surface area contributed by atoms with Crippen molar-refractivity contribution in [2.45, 2.75) is 0 Å². The zero-order valence-electron chi connectivity index (χ0n) is 18.1. The van der Waals surface area contributed by atoms with Crippen molar-refractivity contribution in [2.24, 2.45) is 0 Å². The van der Waals surface area contributed by atoms with Crippen molar-refractivity contribution >= 4 is 11.9 Å². The number of carboxylic acids is 2. The van der Waals surface area contributed by atoms with E-state index < -0.39 is 11.9 Å². The first kappa shape index (κ1) is 23.5. The Bertz CT molecular complexity index is 1390. The number of methoxy groups -OCH3 is 1. The first-order valence-electron chi connectivity index (χ1n) is 9.90. The number of carboxylic acid groups (broad SMARTS) is 2. The summed E-state index contributed by atoms with van der Waals surface area (Å²) in [5.41, 5.74) is 2.66. The van der Waals surface area contributed by atoms with Gasteiger partial charge in [0.15, 0.2) is 0 Å². The summed E-state index contributed by atoms with van der Waals surface area (Å²) < 4.78 is 11.1. The van der Waals surface area contributed by atoms with Crippen LogP contribution in [0.25, 0.3) is 0 Å². The van der Waals surface area contributed by atoms with E-state index in [-0.39, 0.29) is 17.7 Å². The summed E-state index contributed by atoms with van der Waals surface area (Å²) in [4.78, 5) is 22.0. The van der Waals surface area contributed by atoms with Crippen molar-refractivity contribution in [3.8, 4) is 47.5 Å². The maximum Gasteiger partial charge on any atom is 0.335 e. The summed E-state index contributed by atoms with van der Waals surface area (Å²) >= 11 is 0. The minimum absolute atomic E-state index is 0.0256. The van der Waals surface area contributed by atoms with Gasteiger partial charge in [0, 0.05) is 23.3 Å². The lowest BCUT2D eigenvalue weighted by molar-refractivity contribution is 0.0686. The van der Waals surface area contributed by atoms with Gasteiger partial charge >= 0.3 is 11.9 Å². The van der Waals surface area contributed by atoms with E-state index in [4.69, 9.17) is 26.1 Å². The van der Waals surface area contributed by atoms with Gasteiger partial charge in [-0.05, 0) is 48.5 Å².